The summed E-state index contributed by atoms with van der Waals surface area (Å²) in [5.74, 6) is 6.28. The predicted octanol–water partition coefficient (Wildman–Crippen LogP) is 2.72. The molecule has 1 aromatic rings. The Morgan fingerprint density at radius 2 is 1.94 bits per heavy atom. The van der Waals surface area contributed by atoms with Gasteiger partial charge in [0, 0.05) is 6.04 Å². The lowest BCUT2D eigenvalue weighted by Crippen LogP contribution is -2.37. The molecule has 0 aliphatic heterocycles. The molecule has 0 heterocycles. The average molecular weight is 220 g/mol. The Kier molecular flexibility index (Phi) is 4.97. The molecule has 0 saturated carbocycles. The first-order valence-corrected chi connectivity index (χ1v) is 6.05. The van der Waals surface area contributed by atoms with E-state index in [2.05, 4.69) is 51.3 Å². The minimum absolute atomic E-state index is 0.375. The summed E-state index contributed by atoms with van der Waals surface area (Å²) in [6.45, 7) is 8.76. The molecule has 1 unspecified atom stereocenters. The number of aryl methyl sites for hydroxylation is 2. The van der Waals surface area contributed by atoms with Crippen LogP contribution < -0.4 is 11.3 Å². The molecule has 1 aromatic carbocycles. The lowest BCUT2D eigenvalue weighted by atomic mass is 9.94. The van der Waals surface area contributed by atoms with Gasteiger partial charge >= 0.3 is 0 Å². The molecule has 0 bridgehead atoms. The van der Waals surface area contributed by atoms with Crippen molar-refractivity contribution in [3.05, 3.63) is 34.9 Å². The van der Waals surface area contributed by atoms with Gasteiger partial charge in [-0.05, 0) is 43.7 Å². The van der Waals surface area contributed by atoms with Gasteiger partial charge in [0.05, 0.1) is 0 Å². The minimum atomic E-state index is 0.375. The summed E-state index contributed by atoms with van der Waals surface area (Å²) in [6.07, 6.45) is 2.13. The third-order valence-electron chi connectivity index (χ3n) is 2.96. The molecule has 90 valence electrons. The molecule has 0 radical (unpaired) electrons. The molecule has 2 nitrogen and oxygen atoms in total. The van der Waals surface area contributed by atoms with Crippen LogP contribution in [0.1, 0.15) is 37.0 Å². The van der Waals surface area contributed by atoms with Gasteiger partial charge in [-0.15, -0.1) is 0 Å². The number of benzene rings is 1. The number of hydrogen-bond donors (Lipinski definition) is 2. The fraction of sp³-hybridized carbons (Fsp3) is 0.571. The van der Waals surface area contributed by atoms with Gasteiger partial charge in [-0.1, -0.05) is 37.6 Å². The van der Waals surface area contributed by atoms with Crippen LogP contribution in [0.2, 0.25) is 0 Å². The van der Waals surface area contributed by atoms with Crippen LogP contribution in [0.5, 0.6) is 0 Å². The van der Waals surface area contributed by atoms with E-state index >= 15 is 0 Å². The van der Waals surface area contributed by atoms with Crippen molar-refractivity contribution < 1.29 is 0 Å². The Bertz CT molecular complexity index is 332. The molecule has 3 N–H and O–H groups in total. The second-order valence-corrected chi connectivity index (χ2v) is 5.13. The van der Waals surface area contributed by atoms with Crippen molar-refractivity contribution in [2.45, 2.75) is 46.6 Å². The van der Waals surface area contributed by atoms with Gasteiger partial charge in [-0.3, -0.25) is 11.3 Å². The molecular formula is C14H24N2. The molecule has 0 fully saturated rings. The van der Waals surface area contributed by atoms with Crippen molar-refractivity contribution in [1.29, 1.82) is 0 Å². The van der Waals surface area contributed by atoms with Crippen LogP contribution in [-0.4, -0.2) is 6.04 Å². The summed E-state index contributed by atoms with van der Waals surface area (Å²) in [4.78, 5) is 0. The number of rotatable bonds is 5. The van der Waals surface area contributed by atoms with Crippen molar-refractivity contribution in [3.63, 3.8) is 0 Å². The summed E-state index contributed by atoms with van der Waals surface area (Å²) in [7, 11) is 0. The van der Waals surface area contributed by atoms with E-state index in [1.807, 2.05) is 0 Å². The SMILES string of the molecule is Cc1ccc(C)c(CC(CC(C)C)NN)c1. The van der Waals surface area contributed by atoms with Crippen molar-refractivity contribution >= 4 is 0 Å². The Hall–Kier alpha value is -0.860. The Morgan fingerprint density at radius 3 is 2.50 bits per heavy atom. The van der Waals surface area contributed by atoms with Gasteiger partial charge in [0.2, 0.25) is 0 Å². The number of hydrazine groups is 1. The van der Waals surface area contributed by atoms with Gasteiger partial charge < -0.3 is 0 Å². The van der Waals surface area contributed by atoms with Crippen LogP contribution in [0.3, 0.4) is 0 Å². The van der Waals surface area contributed by atoms with E-state index in [1.54, 1.807) is 0 Å². The zero-order valence-corrected chi connectivity index (χ0v) is 10.9. The molecular weight excluding hydrogens is 196 g/mol. The molecule has 0 aromatic heterocycles. The zero-order valence-electron chi connectivity index (χ0n) is 10.9. The lowest BCUT2D eigenvalue weighted by molar-refractivity contribution is 0.422. The third-order valence-corrected chi connectivity index (χ3v) is 2.96. The van der Waals surface area contributed by atoms with Crippen molar-refractivity contribution in [3.8, 4) is 0 Å². The maximum absolute atomic E-state index is 5.61. The van der Waals surface area contributed by atoms with Gasteiger partial charge in [-0.25, -0.2) is 0 Å². The zero-order chi connectivity index (χ0) is 12.1. The second kappa shape index (κ2) is 6.02. The van der Waals surface area contributed by atoms with Crippen LogP contribution in [0.25, 0.3) is 0 Å². The van der Waals surface area contributed by atoms with E-state index in [0.29, 0.717) is 12.0 Å². The first-order chi connectivity index (χ1) is 7.52. The molecule has 1 atom stereocenters. The number of nitrogens with two attached hydrogens (primary N) is 1. The highest BCUT2D eigenvalue weighted by atomic mass is 15.2. The Balaban J connectivity index is 2.73. The molecule has 0 aliphatic carbocycles. The highest BCUT2D eigenvalue weighted by Crippen LogP contribution is 2.15. The standard InChI is InChI=1S/C14H24N2/c1-10(2)7-14(16-15)9-13-8-11(3)5-6-12(13)4/h5-6,8,10,14,16H,7,9,15H2,1-4H3. The first-order valence-electron chi connectivity index (χ1n) is 6.05. The van der Waals surface area contributed by atoms with Crippen LogP contribution in [0.4, 0.5) is 0 Å². The van der Waals surface area contributed by atoms with Crippen LogP contribution in [-0.2, 0) is 6.42 Å². The Morgan fingerprint density at radius 1 is 1.25 bits per heavy atom. The van der Waals surface area contributed by atoms with E-state index in [-0.39, 0.29) is 0 Å². The molecule has 0 spiro atoms. The smallest absolute Gasteiger partial charge is 0.0253 e. The van der Waals surface area contributed by atoms with E-state index < -0.39 is 0 Å². The number of hydrogen-bond acceptors (Lipinski definition) is 2. The predicted molar refractivity (Wildman–Crippen MR) is 70.2 cm³/mol. The normalized spacial score (nSPS) is 13.1. The van der Waals surface area contributed by atoms with E-state index in [0.717, 1.165) is 12.8 Å². The average Bonchev–Trinajstić information content (AvgIpc) is 2.21. The van der Waals surface area contributed by atoms with Crippen molar-refractivity contribution in [2.24, 2.45) is 11.8 Å². The fourth-order valence-corrected chi connectivity index (χ4v) is 2.06. The first kappa shape index (κ1) is 13.2. The quantitative estimate of drug-likeness (QED) is 0.591. The van der Waals surface area contributed by atoms with Gasteiger partial charge in [0.15, 0.2) is 0 Å². The topological polar surface area (TPSA) is 38.0 Å². The van der Waals surface area contributed by atoms with Crippen molar-refractivity contribution in [2.75, 3.05) is 0 Å². The molecule has 0 aliphatic rings. The molecule has 0 saturated heterocycles. The highest BCUT2D eigenvalue weighted by Gasteiger charge is 2.11. The van der Waals surface area contributed by atoms with Gasteiger partial charge in [0.25, 0.3) is 0 Å². The highest BCUT2D eigenvalue weighted by molar-refractivity contribution is 5.31. The van der Waals surface area contributed by atoms with E-state index in [1.165, 1.54) is 16.7 Å². The molecule has 2 heteroatoms. The second-order valence-electron chi connectivity index (χ2n) is 5.13. The Labute approximate surface area is 99.2 Å². The maximum atomic E-state index is 5.61. The maximum Gasteiger partial charge on any atom is 0.0253 e. The summed E-state index contributed by atoms with van der Waals surface area (Å²) in [6, 6.07) is 6.99. The largest absolute Gasteiger partial charge is 0.271 e. The molecule has 0 amide bonds. The fourth-order valence-electron chi connectivity index (χ4n) is 2.06. The number of nitrogens with one attached hydrogen (secondary N) is 1. The summed E-state index contributed by atoms with van der Waals surface area (Å²) in [5, 5.41) is 0. The summed E-state index contributed by atoms with van der Waals surface area (Å²) >= 11 is 0. The van der Waals surface area contributed by atoms with Crippen LogP contribution in [0.15, 0.2) is 18.2 Å². The monoisotopic (exact) mass is 220 g/mol. The van der Waals surface area contributed by atoms with Gasteiger partial charge in [-0.2, -0.15) is 0 Å². The lowest BCUT2D eigenvalue weighted by Gasteiger charge is -2.19. The van der Waals surface area contributed by atoms with E-state index in [9.17, 15) is 0 Å². The van der Waals surface area contributed by atoms with Gasteiger partial charge in [0.1, 0.15) is 0 Å². The van der Waals surface area contributed by atoms with E-state index in [4.69, 9.17) is 5.84 Å². The third kappa shape index (κ3) is 3.95. The van der Waals surface area contributed by atoms with Crippen molar-refractivity contribution in [1.82, 2.24) is 5.43 Å². The van der Waals surface area contributed by atoms with Crippen LogP contribution >= 0.6 is 0 Å². The summed E-state index contributed by atoms with van der Waals surface area (Å²) in [5.41, 5.74) is 7.01. The minimum Gasteiger partial charge on any atom is -0.271 e. The molecule has 16 heavy (non-hydrogen) atoms. The molecule has 1 rings (SSSR count). The summed E-state index contributed by atoms with van der Waals surface area (Å²) < 4.78 is 0. The van der Waals surface area contributed by atoms with Crippen LogP contribution in [0, 0.1) is 19.8 Å².